The highest BCUT2D eigenvalue weighted by Gasteiger charge is 2.39. The predicted octanol–water partition coefficient (Wildman–Crippen LogP) is 1.80. The van der Waals surface area contributed by atoms with Gasteiger partial charge in [-0.25, -0.2) is 8.42 Å². The Labute approximate surface area is 115 Å². The zero-order valence-corrected chi connectivity index (χ0v) is 12.0. The number of nitrogens with two attached hydrogens (primary N) is 1. The number of nitro groups is 1. The summed E-state index contributed by atoms with van der Waals surface area (Å²) < 4.78 is 26.3. The van der Waals surface area contributed by atoms with Crippen LogP contribution in [0.5, 0.6) is 0 Å². The van der Waals surface area contributed by atoms with Gasteiger partial charge in [0, 0.05) is 18.7 Å². The van der Waals surface area contributed by atoms with E-state index >= 15 is 0 Å². The van der Waals surface area contributed by atoms with Crippen molar-refractivity contribution in [1.29, 1.82) is 0 Å². The lowest BCUT2D eigenvalue weighted by Crippen LogP contribution is -2.33. The van der Waals surface area contributed by atoms with Gasteiger partial charge in [-0.15, -0.1) is 0 Å². The van der Waals surface area contributed by atoms with Crippen molar-refractivity contribution in [2.24, 2.45) is 0 Å². The lowest BCUT2D eigenvalue weighted by Gasteiger charge is -2.19. The molecule has 2 rings (SSSR count). The summed E-state index contributed by atoms with van der Waals surface area (Å²) in [4.78, 5) is 10.1. The van der Waals surface area contributed by atoms with Gasteiger partial charge in [0.05, 0.1) is 4.92 Å². The zero-order valence-electron chi connectivity index (χ0n) is 10.4. The summed E-state index contributed by atoms with van der Waals surface area (Å²) in [5.74, 6) is 0. The molecule has 0 unspecified atom stereocenters. The van der Waals surface area contributed by atoms with Crippen LogP contribution in [0, 0.1) is 10.1 Å². The van der Waals surface area contributed by atoms with E-state index in [0.29, 0.717) is 13.0 Å². The fraction of sp³-hybridized carbons (Fsp3) is 0.600. The van der Waals surface area contributed by atoms with E-state index in [2.05, 4.69) is 0 Å². The number of nitrogens with zero attached hydrogens (tertiary/aromatic N) is 2. The maximum atomic E-state index is 12.5. The summed E-state index contributed by atoms with van der Waals surface area (Å²) in [6, 6.07) is 1.09. The van der Waals surface area contributed by atoms with Crippen molar-refractivity contribution in [2.45, 2.75) is 36.4 Å². The summed E-state index contributed by atoms with van der Waals surface area (Å²) >= 11 is 0.755. The van der Waals surface area contributed by atoms with E-state index in [0.717, 1.165) is 30.2 Å². The van der Waals surface area contributed by atoms with Crippen molar-refractivity contribution >= 4 is 32.0 Å². The molecule has 0 amide bonds. The predicted molar refractivity (Wildman–Crippen MR) is 72.6 cm³/mol. The maximum Gasteiger partial charge on any atom is 0.304 e. The molecule has 0 spiro atoms. The lowest BCUT2D eigenvalue weighted by atomic mass is 10.5. The van der Waals surface area contributed by atoms with Gasteiger partial charge in [-0.1, -0.05) is 18.3 Å². The van der Waals surface area contributed by atoms with Gasteiger partial charge in [0.15, 0.2) is 5.00 Å². The Morgan fingerprint density at radius 3 is 2.63 bits per heavy atom. The van der Waals surface area contributed by atoms with Gasteiger partial charge in [-0.3, -0.25) is 10.1 Å². The SMILES string of the molecule is CCCN(C1CC1)S(=O)(=O)c1cc([N+](=O)[O-])c(N)s1. The first-order valence-electron chi connectivity index (χ1n) is 5.93. The Morgan fingerprint density at radius 1 is 1.58 bits per heavy atom. The Bertz CT molecular complexity index is 592. The fourth-order valence-corrected chi connectivity index (χ4v) is 4.96. The second-order valence-electron chi connectivity index (χ2n) is 4.42. The van der Waals surface area contributed by atoms with E-state index in [1.807, 2.05) is 6.92 Å². The molecule has 0 aliphatic heterocycles. The topological polar surface area (TPSA) is 107 Å². The summed E-state index contributed by atoms with van der Waals surface area (Å²) in [6.07, 6.45) is 2.41. The summed E-state index contributed by atoms with van der Waals surface area (Å²) in [6.45, 7) is 2.33. The molecule has 9 heteroatoms. The van der Waals surface area contributed by atoms with Crippen molar-refractivity contribution in [3.05, 3.63) is 16.2 Å². The average molecular weight is 305 g/mol. The molecule has 0 radical (unpaired) electrons. The second kappa shape index (κ2) is 5.06. The number of rotatable bonds is 6. The van der Waals surface area contributed by atoms with Gasteiger partial charge < -0.3 is 5.73 Å². The third-order valence-electron chi connectivity index (χ3n) is 2.88. The highest BCUT2D eigenvalue weighted by molar-refractivity contribution is 7.91. The van der Waals surface area contributed by atoms with Gasteiger partial charge in [0.1, 0.15) is 4.21 Å². The quantitative estimate of drug-likeness (QED) is 0.637. The number of hydrogen-bond acceptors (Lipinski definition) is 6. The highest BCUT2D eigenvalue weighted by Crippen LogP contribution is 2.39. The van der Waals surface area contributed by atoms with Crippen molar-refractivity contribution in [1.82, 2.24) is 4.31 Å². The molecule has 0 bridgehead atoms. The van der Waals surface area contributed by atoms with Crippen molar-refractivity contribution < 1.29 is 13.3 Å². The molecule has 0 atom stereocenters. The molecule has 1 aromatic heterocycles. The molecule has 2 N–H and O–H groups in total. The molecular weight excluding hydrogens is 290 g/mol. The van der Waals surface area contributed by atoms with Crippen LogP contribution in [0.4, 0.5) is 10.7 Å². The Balaban J connectivity index is 2.37. The van der Waals surface area contributed by atoms with Crippen LogP contribution in [0.15, 0.2) is 10.3 Å². The van der Waals surface area contributed by atoms with E-state index in [1.54, 1.807) is 0 Å². The molecule has 1 aliphatic rings. The monoisotopic (exact) mass is 305 g/mol. The van der Waals surface area contributed by atoms with Gasteiger partial charge in [-0.2, -0.15) is 4.31 Å². The van der Waals surface area contributed by atoms with Crippen LogP contribution in [0.3, 0.4) is 0 Å². The van der Waals surface area contributed by atoms with Gasteiger partial charge in [0.25, 0.3) is 10.0 Å². The van der Waals surface area contributed by atoms with Crippen LogP contribution in [0.2, 0.25) is 0 Å². The second-order valence-corrected chi connectivity index (χ2v) is 7.62. The highest BCUT2D eigenvalue weighted by atomic mass is 32.2. The minimum atomic E-state index is -3.67. The normalized spacial score (nSPS) is 15.9. The van der Waals surface area contributed by atoms with Gasteiger partial charge in [-0.05, 0) is 19.3 Å². The molecule has 1 aromatic rings. The zero-order chi connectivity index (χ0) is 14.2. The smallest absolute Gasteiger partial charge is 0.304 e. The molecular formula is C10H15N3O4S2. The molecule has 1 aliphatic carbocycles. The summed E-state index contributed by atoms with van der Waals surface area (Å²) in [5.41, 5.74) is 5.16. The molecule has 1 fully saturated rings. The first-order valence-corrected chi connectivity index (χ1v) is 8.19. The van der Waals surface area contributed by atoms with Crippen molar-refractivity contribution in [2.75, 3.05) is 12.3 Å². The standard InChI is InChI=1S/C10H15N3O4S2/c1-2-5-12(7-3-4-7)19(16,17)9-6-8(13(14)15)10(11)18-9/h6-7H,2-5,11H2,1H3. The number of nitrogen functional groups attached to an aromatic ring is 1. The Kier molecular flexibility index (Phi) is 3.79. The van der Waals surface area contributed by atoms with E-state index < -0.39 is 14.9 Å². The van der Waals surface area contributed by atoms with Crippen molar-refractivity contribution in [3.63, 3.8) is 0 Å². The van der Waals surface area contributed by atoms with Gasteiger partial charge >= 0.3 is 5.69 Å². The van der Waals surface area contributed by atoms with Crippen LogP contribution in [-0.2, 0) is 10.0 Å². The molecule has 0 saturated heterocycles. The molecule has 1 saturated carbocycles. The van der Waals surface area contributed by atoms with E-state index in [1.165, 1.54) is 4.31 Å². The minimum Gasteiger partial charge on any atom is -0.385 e. The number of hydrogen-bond donors (Lipinski definition) is 1. The fourth-order valence-electron chi connectivity index (χ4n) is 1.84. The molecule has 106 valence electrons. The number of sulfonamides is 1. The van der Waals surface area contributed by atoms with Crippen LogP contribution in [-0.4, -0.2) is 30.2 Å². The van der Waals surface area contributed by atoms with Crippen molar-refractivity contribution in [3.8, 4) is 0 Å². The minimum absolute atomic E-state index is 0.0346. The molecule has 1 heterocycles. The molecule has 7 nitrogen and oxygen atoms in total. The van der Waals surface area contributed by atoms with Crippen LogP contribution in [0.25, 0.3) is 0 Å². The number of anilines is 1. The largest absolute Gasteiger partial charge is 0.385 e. The summed E-state index contributed by atoms with van der Waals surface area (Å²) in [5, 5.41) is 10.7. The first-order chi connectivity index (χ1) is 8.87. The van der Waals surface area contributed by atoms with Gasteiger partial charge in [0.2, 0.25) is 0 Å². The third kappa shape index (κ3) is 2.72. The average Bonchev–Trinajstić information content (AvgIpc) is 3.07. The Morgan fingerprint density at radius 2 is 2.21 bits per heavy atom. The van der Waals surface area contributed by atoms with Crippen LogP contribution in [0.1, 0.15) is 26.2 Å². The third-order valence-corrected chi connectivity index (χ3v) is 6.23. The molecule has 0 aromatic carbocycles. The Hall–Kier alpha value is -1.19. The van der Waals surface area contributed by atoms with E-state index in [4.69, 9.17) is 5.73 Å². The van der Waals surface area contributed by atoms with Crippen LogP contribution < -0.4 is 5.73 Å². The maximum absolute atomic E-state index is 12.5. The van der Waals surface area contributed by atoms with E-state index in [-0.39, 0.29) is 20.9 Å². The molecule has 19 heavy (non-hydrogen) atoms. The van der Waals surface area contributed by atoms with E-state index in [9.17, 15) is 18.5 Å². The first kappa shape index (κ1) is 14.2. The van der Waals surface area contributed by atoms with Crippen LogP contribution >= 0.6 is 11.3 Å². The summed E-state index contributed by atoms with van der Waals surface area (Å²) in [7, 11) is -3.67. The lowest BCUT2D eigenvalue weighted by molar-refractivity contribution is -0.383. The number of thiophene rings is 1.